The highest BCUT2D eigenvalue weighted by Crippen LogP contribution is 2.41. The van der Waals surface area contributed by atoms with E-state index in [1.54, 1.807) is 11.3 Å². The van der Waals surface area contributed by atoms with Crippen molar-refractivity contribution in [3.8, 4) is 0 Å². The van der Waals surface area contributed by atoms with Crippen LogP contribution in [0.3, 0.4) is 0 Å². The average Bonchev–Trinajstić information content (AvgIpc) is 3.12. The highest BCUT2D eigenvalue weighted by atomic mass is 32.1. The molecular formula is C19H23N3O2S. The van der Waals surface area contributed by atoms with Crippen LogP contribution in [0.15, 0.2) is 41.9 Å². The van der Waals surface area contributed by atoms with Gasteiger partial charge in [-0.15, -0.1) is 11.3 Å². The number of piperidine rings is 2. The summed E-state index contributed by atoms with van der Waals surface area (Å²) in [4.78, 5) is 19.6. The molecule has 2 aromatic rings. The van der Waals surface area contributed by atoms with E-state index in [0.717, 1.165) is 36.5 Å². The molecule has 1 aromatic heterocycles. The van der Waals surface area contributed by atoms with Crippen molar-refractivity contribution >= 4 is 17.2 Å². The fourth-order valence-electron chi connectivity index (χ4n) is 4.20. The maximum absolute atomic E-state index is 13.0. The topological polar surface area (TPSA) is 65.5 Å². The van der Waals surface area contributed by atoms with Crippen LogP contribution in [0.25, 0.3) is 0 Å². The number of amides is 1. The van der Waals surface area contributed by atoms with Gasteiger partial charge in [0.1, 0.15) is 5.01 Å². The van der Waals surface area contributed by atoms with Gasteiger partial charge >= 0.3 is 0 Å². The quantitative estimate of drug-likeness (QED) is 0.885. The molecule has 0 bridgehead atoms. The van der Waals surface area contributed by atoms with Crippen LogP contribution in [0, 0.1) is 5.41 Å². The summed E-state index contributed by atoms with van der Waals surface area (Å²) in [5.41, 5.74) is 0.480. The first-order valence-corrected chi connectivity index (χ1v) is 9.69. The van der Waals surface area contributed by atoms with E-state index in [-0.39, 0.29) is 11.9 Å². The van der Waals surface area contributed by atoms with E-state index in [4.69, 9.17) is 0 Å². The molecule has 2 fully saturated rings. The van der Waals surface area contributed by atoms with Gasteiger partial charge in [0.05, 0.1) is 24.1 Å². The van der Waals surface area contributed by atoms with Gasteiger partial charge in [0.25, 0.3) is 0 Å². The largest absolute Gasteiger partial charge is 0.391 e. The fourth-order valence-corrected chi connectivity index (χ4v) is 4.86. The third kappa shape index (κ3) is 3.34. The van der Waals surface area contributed by atoms with E-state index in [0.29, 0.717) is 13.0 Å². The highest BCUT2D eigenvalue weighted by molar-refractivity contribution is 7.09. The molecule has 0 aliphatic carbocycles. The van der Waals surface area contributed by atoms with Crippen LogP contribution in [0.4, 0.5) is 0 Å². The number of nitrogens with one attached hydrogen (secondary N) is 1. The molecule has 0 radical (unpaired) electrons. The Kier molecular flexibility index (Phi) is 4.58. The second-order valence-corrected chi connectivity index (χ2v) is 8.13. The minimum absolute atomic E-state index is 0.0792. The lowest BCUT2D eigenvalue weighted by molar-refractivity contribution is -0.145. The number of benzene rings is 1. The molecule has 3 heterocycles. The first-order valence-electron chi connectivity index (χ1n) is 8.81. The molecule has 1 spiro atoms. The minimum atomic E-state index is -0.556. The third-order valence-electron chi connectivity index (χ3n) is 5.41. The number of nitrogens with zero attached hydrogens (tertiary/aromatic N) is 2. The zero-order valence-corrected chi connectivity index (χ0v) is 14.9. The third-order valence-corrected chi connectivity index (χ3v) is 6.17. The zero-order valence-electron chi connectivity index (χ0n) is 14.1. The van der Waals surface area contributed by atoms with Gasteiger partial charge in [0.15, 0.2) is 0 Å². The minimum Gasteiger partial charge on any atom is -0.391 e. The van der Waals surface area contributed by atoms with Crippen molar-refractivity contribution in [2.45, 2.75) is 38.0 Å². The van der Waals surface area contributed by atoms with Gasteiger partial charge in [0, 0.05) is 18.1 Å². The van der Waals surface area contributed by atoms with Crippen molar-refractivity contribution in [3.05, 3.63) is 52.5 Å². The molecule has 132 valence electrons. The number of thiazole rings is 1. The van der Waals surface area contributed by atoms with Gasteiger partial charge in [-0.25, -0.2) is 4.98 Å². The lowest BCUT2D eigenvalue weighted by atomic mass is 9.70. The van der Waals surface area contributed by atoms with E-state index in [2.05, 4.69) is 15.2 Å². The number of likely N-dealkylation sites (tertiary alicyclic amines) is 1. The van der Waals surface area contributed by atoms with E-state index in [1.165, 1.54) is 0 Å². The summed E-state index contributed by atoms with van der Waals surface area (Å²) in [5, 5.41) is 16.9. The number of carbonyl (C=O) groups excluding carboxylic acids is 1. The molecule has 4 rings (SSSR count). The molecule has 1 aromatic carbocycles. The van der Waals surface area contributed by atoms with E-state index in [9.17, 15) is 9.90 Å². The molecular weight excluding hydrogens is 334 g/mol. The molecule has 2 aliphatic heterocycles. The van der Waals surface area contributed by atoms with Crippen molar-refractivity contribution < 1.29 is 9.90 Å². The zero-order chi connectivity index (χ0) is 17.3. The van der Waals surface area contributed by atoms with Gasteiger partial charge in [-0.1, -0.05) is 30.3 Å². The maximum atomic E-state index is 13.0. The second-order valence-electron chi connectivity index (χ2n) is 7.15. The SMILES string of the molecule is O=C1N[C@@H](c2ccccc2)[C@H](O)C[C@@]12CCCN(Cc1nccs1)C2. The molecule has 3 atom stereocenters. The van der Waals surface area contributed by atoms with Crippen LogP contribution >= 0.6 is 11.3 Å². The molecule has 25 heavy (non-hydrogen) atoms. The molecule has 6 heteroatoms. The normalized spacial score (nSPS) is 30.4. The van der Waals surface area contributed by atoms with Gasteiger partial charge in [-0.3, -0.25) is 9.69 Å². The summed E-state index contributed by atoms with van der Waals surface area (Å²) in [6.07, 6.45) is 3.60. The molecule has 2 aliphatic rings. The molecule has 0 saturated carbocycles. The number of hydrogen-bond acceptors (Lipinski definition) is 5. The molecule has 2 N–H and O–H groups in total. The predicted octanol–water partition coefficient (Wildman–Crippen LogP) is 2.35. The van der Waals surface area contributed by atoms with Crippen molar-refractivity contribution in [3.63, 3.8) is 0 Å². The summed E-state index contributed by atoms with van der Waals surface area (Å²) in [7, 11) is 0. The Labute approximate surface area is 151 Å². The van der Waals surface area contributed by atoms with Crippen molar-refractivity contribution in [1.82, 2.24) is 15.2 Å². The van der Waals surface area contributed by atoms with Crippen molar-refractivity contribution in [2.24, 2.45) is 5.41 Å². The van der Waals surface area contributed by atoms with Gasteiger partial charge in [-0.05, 0) is 31.4 Å². The number of rotatable bonds is 3. The maximum Gasteiger partial charge on any atom is 0.228 e. The number of carbonyl (C=O) groups is 1. The number of aromatic nitrogens is 1. The lowest BCUT2D eigenvalue weighted by Crippen LogP contribution is -2.59. The van der Waals surface area contributed by atoms with Crippen LogP contribution in [0.5, 0.6) is 0 Å². The first kappa shape index (κ1) is 16.7. The first-order chi connectivity index (χ1) is 12.2. The van der Waals surface area contributed by atoms with Crippen molar-refractivity contribution in [2.75, 3.05) is 13.1 Å². The summed E-state index contributed by atoms with van der Waals surface area (Å²) >= 11 is 1.65. The summed E-state index contributed by atoms with van der Waals surface area (Å²) in [6, 6.07) is 9.43. The Morgan fingerprint density at radius 1 is 1.36 bits per heavy atom. The Balaban J connectivity index is 1.49. The number of hydrogen-bond donors (Lipinski definition) is 2. The smallest absolute Gasteiger partial charge is 0.228 e. The monoisotopic (exact) mass is 357 g/mol. The Morgan fingerprint density at radius 3 is 2.96 bits per heavy atom. The Morgan fingerprint density at radius 2 is 2.20 bits per heavy atom. The van der Waals surface area contributed by atoms with Crippen LogP contribution in [-0.4, -0.2) is 40.1 Å². The van der Waals surface area contributed by atoms with Crippen molar-refractivity contribution in [1.29, 1.82) is 0 Å². The summed E-state index contributed by atoms with van der Waals surface area (Å²) in [6.45, 7) is 2.45. The highest BCUT2D eigenvalue weighted by Gasteiger charge is 2.49. The number of aliphatic hydroxyl groups is 1. The Hall–Kier alpha value is -1.76. The Bertz CT molecular complexity index is 722. The number of aliphatic hydroxyl groups excluding tert-OH is 1. The van der Waals surface area contributed by atoms with E-state index < -0.39 is 11.5 Å². The molecule has 5 nitrogen and oxygen atoms in total. The molecule has 0 unspecified atom stereocenters. The fraction of sp³-hybridized carbons (Fsp3) is 0.474. The lowest BCUT2D eigenvalue weighted by Gasteiger charge is -2.47. The standard InChI is InChI=1S/C19H23N3O2S/c23-15-11-19(18(24)21-17(15)14-5-2-1-3-6-14)7-4-9-22(13-19)12-16-20-8-10-25-16/h1-3,5-6,8,10,15,17,23H,4,7,9,11-13H2,(H,21,24)/t15-,17+,19-/m1/s1. The van der Waals surface area contributed by atoms with Crippen LogP contribution in [0.2, 0.25) is 0 Å². The summed E-state index contributed by atoms with van der Waals surface area (Å²) in [5.74, 6) is 0.0792. The van der Waals surface area contributed by atoms with Gasteiger partial charge in [0.2, 0.25) is 5.91 Å². The van der Waals surface area contributed by atoms with E-state index in [1.807, 2.05) is 41.9 Å². The van der Waals surface area contributed by atoms with E-state index >= 15 is 0 Å². The summed E-state index contributed by atoms with van der Waals surface area (Å²) < 4.78 is 0. The second kappa shape index (κ2) is 6.86. The average molecular weight is 357 g/mol. The molecule has 2 saturated heterocycles. The van der Waals surface area contributed by atoms with Crippen LogP contribution in [0.1, 0.15) is 35.9 Å². The van der Waals surface area contributed by atoms with Gasteiger partial charge in [-0.2, -0.15) is 0 Å². The van der Waals surface area contributed by atoms with Crippen LogP contribution < -0.4 is 5.32 Å². The predicted molar refractivity (Wildman–Crippen MR) is 97.0 cm³/mol. The molecule has 1 amide bonds. The van der Waals surface area contributed by atoms with Gasteiger partial charge < -0.3 is 10.4 Å². The van der Waals surface area contributed by atoms with Crippen LogP contribution in [-0.2, 0) is 11.3 Å².